The van der Waals surface area contributed by atoms with Crippen LogP contribution in [-0.4, -0.2) is 18.5 Å². The van der Waals surface area contributed by atoms with Gasteiger partial charge >= 0.3 is 5.97 Å². The minimum absolute atomic E-state index is 0.251. The molecule has 144 valence electrons. The molecule has 0 bridgehead atoms. The molecule has 1 N–H and O–H groups in total. The van der Waals surface area contributed by atoms with Gasteiger partial charge in [-0.05, 0) is 42.9 Å². The number of benzene rings is 1. The van der Waals surface area contributed by atoms with Gasteiger partial charge in [0.25, 0.3) is 5.91 Å². The summed E-state index contributed by atoms with van der Waals surface area (Å²) >= 11 is 1.41. The second kappa shape index (κ2) is 8.81. The fourth-order valence-electron chi connectivity index (χ4n) is 3.07. The third kappa shape index (κ3) is 4.65. The van der Waals surface area contributed by atoms with Gasteiger partial charge in [0.2, 0.25) is 0 Å². The van der Waals surface area contributed by atoms with Crippen LogP contribution in [0.2, 0.25) is 0 Å². The van der Waals surface area contributed by atoms with Crippen LogP contribution in [0.3, 0.4) is 0 Å². The molecule has 28 heavy (non-hydrogen) atoms. The van der Waals surface area contributed by atoms with Gasteiger partial charge in [-0.2, -0.15) is 5.26 Å². The first kappa shape index (κ1) is 19.8. The molecule has 5 nitrogen and oxygen atoms in total. The van der Waals surface area contributed by atoms with Gasteiger partial charge in [-0.25, -0.2) is 9.18 Å². The Bertz CT molecular complexity index is 975. The zero-order chi connectivity index (χ0) is 20.1. The Hall–Kier alpha value is -2.98. The van der Waals surface area contributed by atoms with E-state index >= 15 is 0 Å². The van der Waals surface area contributed by atoms with E-state index in [9.17, 15) is 19.2 Å². The van der Waals surface area contributed by atoms with Crippen molar-refractivity contribution in [1.82, 2.24) is 0 Å². The summed E-state index contributed by atoms with van der Waals surface area (Å²) in [5, 5.41) is 12.6. The van der Waals surface area contributed by atoms with Crippen molar-refractivity contribution >= 4 is 34.3 Å². The third-order valence-corrected chi connectivity index (χ3v) is 5.70. The first-order chi connectivity index (χ1) is 13.5. The second-order valence-electron chi connectivity index (χ2n) is 6.68. The molecule has 1 aliphatic rings. The van der Waals surface area contributed by atoms with E-state index in [1.54, 1.807) is 12.1 Å². The average molecular weight is 398 g/mol. The molecule has 7 heteroatoms. The van der Waals surface area contributed by atoms with Crippen molar-refractivity contribution in [2.45, 2.75) is 26.2 Å². The number of halogens is 1. The average Bonchev–Trinajstić information content (AvgIpc) is 3.01. The van der Waals surface area contributed by atoms with Crippen molar-refractivity contribution in [2.24, 2.45) is 5.92 Å². The van der Waals surface area contributed by atoms with E-state index in [4.69, 9.17) is 4.74 Å². The van der Waals surface area contributed by atoms with Crippen LogP contribution in [0.5, 0.6) is 0 Å². The normalized spacial score (nSPS) is 15.7. The number of nitrogens with zero attached hydrogens (tertiary/aromatic N) is 1. The summed E-state index contributed by atoms with van der Waals surface area (Å²) in [6.45, 7) is 1.69. The summed E-state index contributed by atoms with van der Waals surface area (Å²) in [4.78, 5) is 25.0. The van der Waals surface area contributed by atoms with E-state index in [1.165, 1.54) is 29.5 Å². The number of rotatable bonds is 5. The summed E-state index contributed by atoms with van der Waals surface area (Å²) < 4.78 is 18.4. The van der Waals surface area contributed by atoms with E-state index in [-0.39, 0.29) is 5.56 Å². The number of anilines is 1. The lowest BCUT2D eigenvalue weighted by Gasteiger charge is -2.17. The molecule has 0 spiro atoms. The predicted octanol–water partition coefficient (Wildman–Crippen LogP) is 4.08. The van der Waals surface area contributed by atoms with Crippen molar-refractivity contribution < 1.29 is 18.7 Å². The van der Waals surface area contributed by atoms with E-state index in [0.717, 1.165) is 35.8 Å². The molecule has 1 amide bonds. The summed E-state index contributed by atoms with van der Waals surface area (Å²) in [6.07, 6.45) is 5.12. The lowest BCUT2D eigenvalue weighted by molar-refractivity contribution is -0.142. The highest BCUT2D eigenvalue weighted by Gasteiger charge is 2.24. The second-order valence-corrected chi connectivity index (χ2v) is 7.78. The maximum absolute atomic E-state index is 13.5. The van der Waals surface area contributed by atoms with Gasteiger partial charge in [0, 0.05) is 16.5 Å². The quantitative estimate of drug-likeness (QED) is 0.608. The Labute approximate surface area is 166 Å². The Kier molecular flexibility index (Phi) is 6.22. The number of carbonyl (C=O) groups is 2. The van der Waals surface area contributed by atoms with Crippen molar-refractivity contribution in [1.29, 1.82) is 5.26 Å². The predicted molar refractivity (Wildman–Crippen MR) is 105 cm³/mol. The SMILES string of the molecule is C[C@H]1CCc2c(sc(NC(=O)COC(=O)/C=C/c3ccccc3F)c2C#N)C1. The highest BCUT2D eigenvalue weighted by Crippen LogP contribution is 2.39. The molecule has 1 heterocycles. The number of thiophene rings is 1. The van der Waals surface area contributed by atoms with Crippen LogP contribution < -0.4 is 5.32 Å². The van der Waals surface area contributed by atoms with Gasteiger partial charge in [-0.15, -0.1) is 11.3 Å². The van der Waals surface area contributed by atoms with Crippen molar-refractivity contribution in [3.05, 3.63) is 57.7 Å². The Morgan fingerprint density at radius 2 is 2.21 bits per heavy atom. The van der Waals surface area contributed by atoms with Crippen LogP contribution in [0.4, 0.5) is 9.39 Å². The molecule has 0 saturated heterocycles. The number of hydrogen-bond acceptors (Lipinski definition) is 5. The molecule has 0 unspecified atom stereocenters. The molecule has 0 saturated carbocycles. The Balaban J connectivity index is 1.57. The number of esters is 1. The number of nitriles is 1. The van der Waals surface area contributed by atoms with Gasteiger partial charge < -0.3 is 10.1 Å². The van der Waals surface area contributed by atoms with Gasteiger partial charge in [0.1, 0.15) is 16.9 Å². The molecule has 1 aromatic heterocycles. The number of carbonyl (C=O) groups excluding carboxylic acids is 2. The molecule has 0 fully saturated rings. The van der Waals surface area contributed by atoms with E-state index in [2.05, 4.69) is 18.3 Å². The van der Waals surface area contributed by atoms with Crippen LogP contribution in [0.25, 0.3) is 6.08 Å². The summed E-state index contributed by atoms with van der Waals surface area (Å²) in [5.74, 6) is -1.17. The fraction of sp³-hybridized carbons (Fsp3) is 0.286. The topological polar surface area (TPSA) is 79.2 Å². The van der Waals surface area contributed by atoms with Crippen LogP contribution in [0, 0.1) is 23.1 Å². The zero-order valence-corrected chi connectivity index (χ0v) is 16.1. The number of fused-ring (bicyclic) bond motifs is 1. The van der Waals surface area contributed by atoms with Crippen LogP contribution in [-0.2, 0) is 27.2 Å². The van der Waals surface area contributed by atoms with E-state index in [0.29, 0.717) is 16.5 Å². The monoisotopic (exact) mass is 398 g/mol. The highest BCUT2D eigenvalue weighted by molar-refractivity contribution is 7.16. The van der Waals surface area contributed by atoms with Crippen molar-refractivity contribution in [3.8, 4) is 6.07 Å². The molecule has 1 aromatic carbocycles. The minimum Gasteiger partial charge on any atom is -0.452 e. The standard InChI is InChI=1S/C21H19FN2O3S/c1-13-6-8-15-16(11-23)21(28-18(15)10-13)24-19(25)12-27-20(26)9-7-14-4-2-3-5-17(14)22/h2-5,7,9,13H,6,8,10,12H2,1H3,(H,24,25)/b9-7+/t13-/m0/s1. The number of nitrogens with one attached hydrogen (secondary N) is 1. The zero-order valence-electron chi connectivity index (χ0n) is 15.3. The van der Waals surface area contributed by atoms with Crippen LogP contribution in [0.15, 0.2) is 30.3 Å². The van der Waals surface area contributed by atoms with Crippen LogP contribution in [0.1, 0.15) is 34.9 Å². The summed E-state index contributed by atoms with van der Waals surface area (Å²) in [7, 11) is 0. The van der Waals surface area contributed by atoms with E-state index < -0.39 is 24.3 Å². The number of hydrogen-bond donors (Lipinski definition) is 1. The first-order valence-electron chi connectivity index (χ1n) is 8.91. The maximum atomic E-state index is 13.5. The maximum Gasteiger partial charge on any atom is 0.331 e. The number of ether oxygens (including phenoxy) is 1. The Morgan fingerprint density at radius 3 is 2.96 bits per heavy atom. The minimum atomic E-state index is -0.752. The lowest BCUT2D eigenvalue weighted by atomic mass is 9.89. The largest absolute Gasteiger partial charge is 0.452 e. The van der Waals surface area contributed by atoms with Gasteiger partial charge in [-0.1, -0.05) is 25.1 Å². The van der Waals surface area contributed by atoms with E-state index in [1.807, 2.05) is 0 Å². The Morgan fingerprint density at radius 1 is 1.43 bits per heavy atom. The molecule has 0 radical (unpaired) electrons. The molecule has 1 atom stereocenters. The lowest BCUT2D eigenvalue weighted by Crippen LogP contribution is -2.20. The van der Waals surface area contributed by atoms with Crippen molar-refractivity contribution in [2.75, 3.05) is 11.9 Å². The van der Waals surface area contributed by atoms with Crippen LogP contribution >= 0.6 is 11.3 Å². The summed E-state index contributed by atoms with van der Waals surface area (Å²) in [5.41, 5.74) is 1.78. The fourth-order valence-corrected chi connectivity index (χ4v) is 4.45. The van der Waals surface area contributed by atoms with Gasteiger partial charge in [0.15, 0.2) is 6.61 Å². The molecule has 0 aliphatic heterocycles. The molecule has 2 aromatic rings. The molecular weight excluding hydrogens is 379 g/mol. The number of amides is 1. The summed E-state index contributed by atoms with van der Waals surface area (Å²) in [6, 6.07) is 8.18. The molecule has 1 aliphatic carbocycles. The van der Waals surface area contributed by atoms with Crippen molar-refractivity contribution in [3.63, 3.8) is 0 Å². The molecule has 3 rings (SSSR count). The smallest absolute Gasteiger partial charge is 0.331 e. The van der Waals surface area contributed by atoms with Gasteiger partial charge in [0.05, 0.1) is 5.56 Å². The first-order valence-corrected chi connectivity index (χ1v) is 9.73. The third-order valence-electron chi connectivity index (χ3n) is 4.53. The highest BCUT2D eigenvalue weighted by atomic mass is 32.1. The molecular formula is C21H19FN2O3S. The van der Waals surface area contributed by atoms with Gasteiger partial charge in [-0.3, -0.25) is 4.79 Å².